The van der Waals surface area contributed by atoms with Crippen LogP contribution in [0.25, 0.3) is 0 Å². The molecule has 0 fully saturated rings. The maximum absolute atomic E-state index is 11.7. The van der Waals surface area contributed by atoms with Gasteiger partial charge in [0.15, 0.2) is 0 Å². The van der Waals surface area contributed by atoms with Gasteiger partial charge in [-0.25, -0.2) is 0 Å². The number of carbonyl (C=O) groups excluding carboxylic acids is 1. The molecule has 0 saturated carbocycles. The minimum absolute atomic E-state index is 0.109. The van der Waals surface area contributed by atoms with E-state index in [0.717, 1.165) is 24.2 Å². The van der Waals surface area contributed by atoms with Gasteiger partial charge in [0.05, 0.1) is 7.11 Å². The second-order valence-corrected chi connectivity index (χ2v) is 5.17. The molecule has 1 aromatic rings. The number of ether oxygens (including phenoxy) is 1. The van der Waals surface area contributed by atoms with Gasteiger partial charge in [0, 0.05) is 12.0 Å². The molecule has 0 aliphatic rings. The summed E-state index contributed by atoms with van der Waals surface area (Å²) < 4.78 is 5.33. The molecule has 100 valence electrons. The predicted octanol–water partition coefficient (Wildman–Crippen LogP) is 2.93. The molecule has 0 radical (unpaired) electrons. The van der Waals surface area contributed by atoms with Crippen molar-refractivity contribution in [2.75, 3.05) is 7.11 Å². The number of hydrogen-bond acceptors (Lipinski definition) is 2. The van der Waals surface area contributed by atoms with Gasteiger partial charge in [-0.15, -0.1) is 0 Å². The van der Waals surface area contributed by atoms with Crippen LogP contribution in [0, 0.1) is 0 Å². The largest absolute Gasteiger partial charge is 0.496 e. The molecule has 0 heterocycles. The van der Waals surface area contributed by atoms with Crippen LogP contribution >= 0.6 is 0 Å². The Bertz CT molecular complexity index is 399. The molecule has 18 heavy (non-hydrogen) atoms. The molecule has 0 aromatic heterocycles. The molecule has 3 nitrogen and oxygen atoms in total. The highest BCUT2D eigenvalue weighted by atomic mass is 16.5. The lowest BCUT2D eigenvalue weighted by Crippen LogP contribution is -2.45. The van der Waals surface area contributed by atoms with Crippen LogP contribution < -0.4 is 10.1 Å². The summed E-state index contributed by atoms with van der Waals surface area (Å²) in [6.07, 6.45) is 2.21. The molecule has 0 saturated heterocycles. The highest BCUT2D eigenvalue weighted by Gasteiger charge is 2.22. The standard InChI is InChI=1S/C15H23NO2/c1-5-8-14(17)16-15(2,3)11-12-9-6-7-10-13(12)18-4/h6-7,9-10H,5,8,11H2,1-4H3,(H,16,17). The van der Waals surface area contributed by atoms with Crippen LogP contribution in [0.15, 0.2) is 24.3 Å². The fraction of sp³-hybridized carbons (Fsp3) is 0.533. The minimum atomic E-state index is -0.263. The zero-order valence-electron chi connectivity index (χ0n) is 11.7. The number of benzene rings is 1. The van der Waals surface area contributed by atoms with E-state index < -0.39 is 0 Å². The molecular weight excluding hydrogens is 226 g/mol. The summed E-state index contributed by atoms with van der Waals surface area (Å²) in [5.41, 5.74) is 0.850. The maximum atomic E-state index is 11.7. The molecule has 1 aromatic carbocycles. The van der Waals surface area contributed by atoms with Crippen LogP contribution in [-0.4, -0.2) is 18.6 Å². The first kappa shape index (κ1) is 14.6. The molecule has 1 amide bonds. The van der Waals surface area contributed by atoms with Gasteiger partial charge in [0.2, 0.25) is 5.91 Å². The van der Waals surface area contributed by atoms with E-state index in [2.05, 4.69) is 5.32 Å². The van der Waals surface area contributed by atoms with Crippen molar-refractivity contribution in [1.29, 1.82) is 0 Å². The predicted molar refractivity (Wildman–Crippen MR) is 73.8 cm³/mol. The number of para-hydroxylation sites is 1. The molecular formula is C15H23NO2. The molecule has 0 atom stereocenters. The van der Waals surface area contributed by atoms with Gasteiger partial charge in [0.25, 0.3) is 0 Å². The van der Waals surface area contributed by atoms with E-state index in [0.29, 0.717) is 6.42 Å². The number of nitrogens with one attached hydrogen (secondary N) is 1. The summed E-state index contributed by atoms with van der Waals surface area (Å²) in [6.45, 7) is 6.08. The van der Waals surface area contributed by atoms with E-state index in [1.54, 1.807) is 7.11 Å². The number of hydrogen-bond donors (Lipinski definition) is 1. The molecule has 1 rings (SSSR count). The lowest BCUT2D eigenvalue weighted by atomic mass is 9.94. The second kappa shape index (κ2) is 6.43. The van der Waals surface area contributed by atoms with Crippen LogP contribution in [0.1, 0.15) is 39.2 Å². The third kappa shape index (κ3) is 4.40. The lowest BCUT2D eigenvalue weighted by molar-refractivity contribution is -0.122. The highest BCUT2D eigenvalue weighted by molar-refractivity contribution is 5.76. The fourth-order valence-corrected chi connectivity index (χ4v) is 2.04. The van der Waals surface area contributed by atoms with Crippen LogP contribution in [0.5, 0.6) is 5.75 Å². The van der Waals surface area contributed by atoms with E-state index >= 15 is 0 Å². The van der Waals surface area contributed by atoms with Crippen molar-refractivity contribution in [3.05, 3.63) is 29.8 Å². The van der Waals surface area contributed by atoms with Gasteiger partial charge in [-0.05, 0) is 38.3 Å². The van der Waals surface area contributed by atoms with Gasteiger partial charge in [0.1, 0.15) is 5.75 Å². The van der Waals surface area contributed by atoms with Crippen molar-refractivity contribution in [2.45, 2.75) is 45.6 Å². The summed E-state index contributed by atoms with van der Waals surface area (Å²) in [5, 5.41) is 3.06. The Morgan fingerprint density at radius 2 is 2.00 bits per heavy atom. The molecule has 0 bridgehead atoms. The molecule has 0 spiro atoms. The number of rotatable bonds is 6. The average Bonchev–Trinajstić information content (AvgIpc) is 2.28. The van der Waals surface area contributed by atoms with E-state index in [1.165, 1.54) is 0 Å². The number of methoxy groups -OCH3 is 1. The SMILES string of the molecule is CCCC(=O)NC(C)(C)Cc1ccccc1OC. The quantitative estimate of drug-likeness (QED) is 0.841. The Morgan fingerprint density at radius 1 is 1.33 bits per heavy atom. The smallest absolute Gasteiger partial charge is 0.220 e. The van der Waals surface area contributed by atoms with Crippen molar-refractivity contribution < 1.29 is 9.53 Å². The van der Waals surface area contributed by atoms with Crippen LogP contribution in [-0.2, 0) is 11.2 Å². The Hall–Kier alpha value is -1.51. The first-order chi connectivity index (χ1) is 8.48. The zero-order valence-corrected chi connectivity index (χ0v) is 11.7. The van der Waals surface area contributed by atoms with Gasteiger partial charge in [-0.1, -0.05) is 25.1 Å². The first-order valence-electron chi connectivity index (χ1n) is 6.41. The van der Waals surface area contributed by atoms with E-state index in [-0.39, 0.29) is 11.4 Å². The summed E-state index contributed by atoms with van der Waals surface area (Å²) >= 11 is 0. The molecule has 0 aliphatic heterocycles. The van der Waals surface area contributed by atoms with Crippen LogP contribution in [0.4, 0.5) is 0 Å². The van der Waals surface area contributed by atoms with Gasteiger partial charge in [-0.3, -0.25) is 4.79 Å². The van der Waals surface area contributed by atoms with E-state index in [4.69, 9.17) is 4.74 Å². The van der Waals surface area contributed by atoms with Crippen molar-refractivity contribution in [3.63, 3.8) is 0 Å². The lowest BCUT2D eigenvalue weighted by Gasteiger charge is -2.27. The topological polar surface area (TPSA) is 38.3 Å². The van der Waals surface area contributed by atoms with Crippen LogP contribution in [0.2, 0.25) is 0 Å². The summed E-state index contributed by atoms with van der Waals surface area (Å²) in [4.78, 5) is 11.7. The first-order valence-corrected chi connectivity index (χ1v) is 6.41. The molecule has 1 N–H and O–H groups in total. The van der Waals surface area contributed by atoms with Crippen molar-refractivity contribution in [2.24, 2.45) is 0 Å². The molecule has 0 unspecified atom stereocenters. The fourth-order valence-electron chi connectivity index (χ4n) is 2.04. The minimum Gasteiger partial charge on any atom is -0.496 e. The number of amides is 1. The average molecular weight is 249 g/mol. The van der Waals surface area contributed by atoms with Gasteiger partial charge < -0.3 is 10.1 Å². The van der Waals surface area contributed by atoms with E-state index in [9.17, 15) is 4.79 Å². The molecule has 0 aliphatic carbocycles. The summed E-state index contributed by atoms with van der Waals surface area (Å²) in [5.74, 6) is 0.979. The van der Waals surface area contributed by atoms with Gasteiger partial charge >= 0.3 is 0 Å². The Balaban J connectivity index is 2.72. The number of carbonyl (C=O) groups is 1. The maximum Gasteiger partial charge on any atom is 0.220 e. The zero-order chi connectivity index (χ0) is 13.6. The van der Waals surface area contributed by atoms with E-state index in [1.807, 2.05) is 45.0 Å². The summed E-state index contributed by atoms with van der Waals surface area (Å²) in [6, 6.07) is 7.92. The second-order valence-electron chi connectivity index (χ2n) is 5.17. The van der Waals surface area contributed by atoms with Crippen molar-refractivity contribution >= 4 is 5.91 Å². The van der Waals surface area contributed by atoms with Crippen molar-refractivity contribution in [1.82, 2.24) is 5.32 Å². The van der Waals surface area contributed by atoms with Gasteiger partial charge in [-0.2, -0.15) is 0 Å². The Labute approximate surface area is 110 Å². The third-order valence-corrected chi connectivity index (χ3v) is 2.78. The molecule has 3 heteroatoms. The Morgan fingerprint density at radius 3 is 2.61 bits per heavy atom. The Kier molecular flexibility index (Phi) is 5.20. The van der Waals surface area contributed by atoms with Crippen LogP contribution in [0.3, 0.4) is 0 Å². The summed E-state index contributed by atoms with van der Waals surface area (Å²) in [7, 11) is 1.67. The third-order valence-electron chi connectivity index (χ3n) is 2.78. The highest BCUT2D eigenvalue weighted by Crippen LogP contribution is 2.22. The van der Waals surface area contributed by atoms with Crippen molar-refractivity contribution in [3.8, 4) is 5.75 Å². The normalized spacial score (nSPS) is 11.1. The monoisotopic (exact) mass is 249 g/mol.